The lowest BCUT2D eigenvalue weighted by Crippen LogP contribution is -2.25. The summed E-state index contributed by atoms with van der Waals surface area (Å²) in [5, 5.41) is 20.4. The first-order chi connectivity index (χ1) is 8.22. The largest absolute Gasteiger partial charge is 0.354 e. The van der Waals surface area contributed by atoms with Crippen molar-refractivity contribution in [3.8, 4) is 12.1 Å². The van der Waals surface area contributed by atoms with Crippen LogP contribution in [0.15, 0.2) is 10.7 Å². The fourth-order valence-electron chi connectivity index (χ4n) is 1.20. The topological polar surface area (TPSA) is 88.6 Å². The van der Waals surface area contributed by atoms with Crippen molar-refractivity contribution in [2.75, 3.05) is 29.9 Å². The molecule has 0 aliphatic rings. The van der Waals surface area contributed by atoms with Crippen molar-refractivity contribution in [2.45, 2.75) is 6.92 Å². The molecule has 1 rings (SSSR count). The third-order valence-electron chi connectivity index (χ3n) is 1.88. The van der Waals surface area contributed by atoms with Crippen molar-refractivity contribution in [1.29, 1.82) is 10.5 Å². The molecule has 17 heavy (non-hydrogen) atoms. The zero-order chi connectivity index (χ0) is 12.7. The first-order valence-corrected chi connectivity index (χ1v) is 5.77. The highest BCUT2D eigenvalue weighted by Gasteiger charge is 2.12. The molecule has 0 fully saturated rings. The van der Waals surface area contributed by atoms with Crippen LogP contribution in [0.2, 0.25) is 0 Å². The molecule has 1 heterocycles. The van der Waals surface area contributed by atoms with Gasteiger partial charge in [-0.05, 0) is 22.9 Å². The van der Waals surface area contributed by atoms with Gasteiger partial charge in [0.05, 0.1) is 16.6 Å². The number of nitrogens with one attached hydrogen (secondary N) is 1. The number of rotatable bonds is 5. The number of halogens is 1. The van der Waals surface area contributed by atoms with Crippen LogP contribution >= 0.6 is 15.9 Å². The summed E-state index contributed by atoms with van der Waals surface area (Å²) in [6, 6.07) is 4.01. The van der Waals surface area contributed by atoms with E-state index in [4.69, 9.17) is 10.5 Å². The van der Waals surface area contributed by atoms with Crippen LogP contribution in [0, 0.1) is 22.7 Å². The summed E-state index contributed by atoms with van der Waals surface area (Å²) in [4.78, 5) is 9.90. The second-order valence-electron chi connectivity index (χ2n) is 3.07. The van der Waals surface area contributed by atoms with Crippen molar-refractivity contribution in [3.63, 3.8) is 0 Å². The number of hydrogen-bond acceptors (Lipinski definition) is 6. The minimum atomic E-state index is 0.106. The minimum Gasteiger partial charge on any atom is -0.354 e. The summed E-state index contributed by atoms with van der Waals surface area (Å²) in [5.74, 6) is 1.02. The van der Waals surface area contributed by atoms with Gasteiger partial charge in [0.1, 0.15) is 18.9 Å². The summed E-state index contributed by atoms with van der Waals surface area (Å²) < 4.78 is 0.657. The fraction of sp³-hybridized carbons (Fsp3) is 0.400. The quantitative estimate of drug-likeness (QED) is 0.829. The van der Waals surface area contributed by atoms with Crippen LogP contribution in [0.1, 0.15) is 6.92 Å². The van der Waals surface area contributed by atoms with Crippen molar-refractivity contribution in [1.82, 2.24) is 9.97 Å². The summed E-state index contributed by atoms with van der Waals surface area (Å²) in [5.41, 5.74) is 0. The first-order valence-electron chi connectivity index (χ1n) is 4.98. The summed E-state index contributed by atoms with van der Waals surface area (Å²) in [6.45, 7) is 2.86. The van der Waals surface area contributed by atoms with Crippen molar-refractivity contribution >= 4 is 27.7 Å². The number of anilines is 2. The molecule has 0 atom stereocenters. The average molecular weight is 295 g/mol. The van der Waals surface area contributed by atoms with Gasteiger partial charge in [0.2, 0.25) is 5.95 Å². The Morgan fingerprint density at radius 3 is 2.59 bits per heavy atom. The Balaban J connectivity index is 3.04. The van der Waals surface area contributed by atoms with Crippen LogP contribution in [-0.2, 0) is 0 Å². The fourth-order valence-corrected chi connectivity index (χ4v) is 1.64. The molecule has 0 aliphatic carbocycles. The van der Waals surface area contributed by atoms with E-state index in [2.05, 4.69) is 31.2 Å². The Morgan fingerprint density at radius 2 is 2.06 bits per heavy atom. The van der Waals surface area contributed by atoms with Gasteiger partial charge in [0.25, 0.3) is 0 Å². The first kappa shape index (κ1) is 13.2. The maximum Gasteiger partial charge on any atom is 0.224 e. The van der Waals surface area contributed by atoms with Gasteiger partial charge in [-0.25, -0.2) is 4.98 Å². The standard InChI is InChI=1S/C10H11BrN6/c1-2-14-10-15-7-8(11)9(16-10)17(5-3-12)6-4-13/h7H,2,5-6H2,1H3,(H,14,15,16). The van der Waals surface area contributed by atoms with E-state index in [9.17, 15) is 0 Å². The molecule has 1 N–H and O–H groups in total. The van der Waals surface area contributed by atoms with Crippen LogP contribution in [0.3, 0.4) is 0 Å². The summed E-state index contributed by atoms with van der Waals surface area (Å²) in [7, 11) is 0. The molecule has 0 saturated carbocycles. The monoisotopic (exact) mass is 294 g/mol. The SMILES string of the molecule is CCNc1ncc(Br)c(N(CC#N)CC#N)n1. The van der Waals surface area contributed by atoms with Gasteiger partial charge in [-0.3, -0.25) is 0 Å². The molecule has 0 amide bonds. The lowest BCUT2D eigenvalue weighted by Gasteiger charge is -2.18. The molecule has 0 bridgehead atoms. The van der Waals surface area contributed by atoms with Crippen molar-refractivity contribution < 1.29 is 0 Å². The third kappa shape index (κ3) is 3.58. The van der Waals surface area contributed by atoms with Crippen LogP contribution < -0.4 is 10.2 Å². The van der Waals surface area contributed by atoms with E-state index in [0.29, 0.717) is 22.8 Å². The number of nitriles is 2. The van der Waals surface area contributed by atoms with Gasteiger partial charge in [0, 0.05) is 12.7 Å². The Bertz CT molecular complexity index is 445. The van der Waals surface area contributed by atoms with Gasteiger partial charge in [0.15, 0.2) is 0 Å². The molecule has 0 aromatic carbocycles. The highest BCUT2D eigenvalue weighted by molar-refractivity contribution is 9.10. The molecule has 0 unspecified atom stereocenters. The number of nitrogens with zero attached hydrogens (tertiary/aromatic N) is 5. The van der Waals surface area contributed by atoms with E-state index in [1.165, 1.54) is 0 Å². The second kappa shape index (κ2) is 6.66. The van der Waals surface area contributed by atoms with E-state index < -0.39 is 0 Å². The smallest absolute Gasteiger partial charge is 0.224 e. The maximum absolute atomic E-state index is 8.71. The highest BCUT2D eigenvalue weighted by Crippen LogP contribution is 2.23. The van der Waals surface area contributed by atoms with E-state index in [-0.39, 0.29) is 13.1 Å². The zero-order valence-electron chi connectivity index (χ0n) is 9.31. The molecule has 1 aromatic heterocycles. The minimum absolute atomic E-state index is 0.106. The number of aromatic nitrogens is 2. The Labute approximate surface area is 108 Å². The van der Waals surface area contributed by atoms with E-state index in [1.807, 2.05) is 19.1 Å². The predicted molar refractivity (Wildman–Crippen MR) is 67.3 cm³/mol. The van der Waals surface area contributed by atoms with Gasteiger partial charge >= 0.3 is 0 Å². The molecular weight excluding hydrogens is 284 g/mol. The van der Waals surface area contributed by atoms with Crippen molar-refractivity contribution in [3.05, 3.63) is 10.7 Å². The molecule has 6 nitrogen and oxygen atoms in total. The van der Waals surface area contributed by atoms with E-state index in [1.54, 1.807) is 11.1 Å². The Hall–Kier alpha value is -1.86. The van der Waals surface area contributed by atoms with E-state index in [0.717, 1.165) is 0 Å². The van der Waals surface area contributed by atoms with Crippen LogP contribution in [0.5, 0.6) is 0 Å². The van der Waals surface area contributed by atoms with Gasteiger partial charge in [-0.15, -0.1) is 0 Å². The lowest BCUT2D eigenvalue weighted by atomic mass is 10.4. The van der Waals surface area contributed by atoms with Gasteiger partial charge in [-0.1, -0.05) is 0 Å². The Morgan fingerprint density at radius 1 is 1.41 bits per heavy atom. The van der Waals surface area contributed by atoms with Crippen LogP contribution in [0.25, 0.3) is 0 Å². The predicted octanol–water partition coefficient (Wildman–Crippen LogP) is 1.52. The zero-order valence-corrected chi connectivity index (χ0v) is 10.9. The van der Waals surface area contributed by atoms with Crippen LogP contribution in [0.4, 0.5) is 11.8 Å². The molecule has 7 heteroatoms. The second-order valence-corrected chi connectivity index (χ2v) is 3.92. The molecule has 0 spiro atoms. The molecule has 0 radical (unpaired) electrons. The Kier molecular flexibility index (Phi) is 5.18. The normalized spacial score (nSPS) is 9.18. The van der Waals surface area contributed by atoms with Gasteiger partial charge in [-0.2, -0.15) is 15.5 Å². The average Bonchev–Trinajstić information content (AvgIpc) is 2.32. The van der Waals surface area contributed by atoms with E-state index >= 15 is 0 Å². The summed E-state index contributed by atoms with van der Waals surface area (Å²) >= 11 is 3.31. The molecular formula is C10H11BrN6. The lowest BCUT2D eigenvalue weighted by molar-refractivity contribution is 0.918. The highest BCUT2D eigenvalue weighted by atomic mass is 79.9. The third-order valence-corrected chi connectivity index (χ3v) is 2.44. The summed E-state index contributed by atoms with van der Waals surface area (Å²) in [6.07, 6.45) is 1.60. The van der Waals surface area contributed by atoms with Crippen LogP contribution in [-0.4, -0.2) is 29.6 Å². The molecule has 88 valence electrons. The number of hydrogen-bond donors (Lipinski definition) is 1. The maximum atomic E-state index is 8.71. The van der Waals surface area contributed by atoms with Gasteiger partial charge < -0.3 is 10.2 Å². The molecule has 0 saturated heterocycles. The molecule has 1 aromatic rings. The van der Waals surface area contributed by atoms with Crippen molar-refractivity contribution in [2.24, 2.45) is 0 Å². The molecule has 0 aliphatic heterocycles.